The molecule has 2 aromatic rings. The average Bonchev–Trinajstić information content (AvgIpc) is 2.59. The maximum Gasteiger partial charge on any atom is 0.115 e. The van der Waals surface area contributed by atoms with E-state index in [1.807, 2.05) is 12.1 Å². The largest absolute Gasteiger partial charge is 0.508 e. The molecular formula is C21H27NO. The predicted octanol–water partition coefficient (Wildman–Crippen LogP) is 4.38. The lowest BCUT2D eigenvalue weighted by Gasteiger charge is -2.36. The molecule has 1 aliphatic carbocycles. The fraction of sp³-hybridized carbons (Fsp3) is 0.429. The van der Waals surface area contributed by atoms with Gasteiger partial charge in [-0.3, -0.25) is 0 Å². The first-order valence-electron chi connectivity index (χ1n) is 8.71. The van der Waals surface area contributed by atoms with Crippen LogP contribution in [-0.2, 0) is 12.8 Å². The minimum Gasteiger partial charge on any atom is -0.508 e. The van der Waals surface area contributed by atoms with E-state index in [4.69, 9.17) is 0 Å². The molecule has 0 spiro atoms. The van der Waals surface area contributed by atoms with Gasteiger partial charge in [-0.05, 0) is 74.4 Å². The van der Waals surface area contributed by atoms with E-state index in [0.717, 1.165) is 19.4 Å². The Morgan fingerprint density at radius 2 is 1.96 bits per heavy atom. The van der Waals surface area contributed by atoms with Crippen molar-refractivity contribution in [2.75, 3.05) is 13.6 Å². The second-order valence-electron chi connectivity index (χ2n) is 6.84. The van der Waals surface area contributed by atoms with Gasteiger partial charge < -0.3 is 10.0 Å². The molecule has 1 aliphatic rings. The summed E-state index contributed by atoms with van der Waals surface area (Å²) in [4.78, 5) is 2.49. The number of benzene rings is 2. The van der Waals surface area contributed by atoms with Crippen molar-refractivity contribution in [3.05, 3.63) is 65.2 Å². The number of fused-ring (bicyclic) bond motifs is 1. The van der Waals surface area contributed by atoms with Crippen molar-refractivity contribution in [3.63, 3.8) is 0 Å². The number of aryl methyl sites for hydroxylation is 1. The monoisotopic (exact) mass is 309 g/mol. The molecule has 23 heavy (non-hydrogen) atoms. The fourth-order valence-electron chi connectivity index (χ4n) is 3.80. The highest BCUT2D eigenvalue weighted by Gasteiger charge is 2.27. The zero-order chi connectivity index (χ0) is 16.2. The number of nitrogens with zero attached hydrogens (tertiary/aromatic N) is 1. The Kier molecular flexibility index (Phi) is 5.02. The van der Waals surface area contributed by atoms with Crippen LogP contribution in [0.3, 0.4) is 0 Å². The van der Waals surface area contributed by atoms with Crippen LogP contribution in [0, 0.1) is 0 Å². The summed E-state index contributed by atoms with van der Waals surface area (Å²) < 4.78 is 0. The van der Waals surface area contributed by atoms with Crippen molar-refractivity contribution in [3.8, 4) is 5.75 Å². The quantitative estimate of drug-likeness (QED) is 0.886. The van der Waals surface area contributed by atoms with Crippen LogP contribution in [0.15, 0.2) is 48.5 Å². The zero-order valence-corrected chi connectivity index (χ0v) is 14.2. The smallest absolute Gasteiger partial charge is 0.115 e. The first-order chi connectivity index (χ1) is 11.1. The van der Waals surface area contributed by atoms with E-state index >= 15 is 0 Å². The molecule has 0 saturated carbocycles. The Labute approximate surface area is 139 Å². The average molecular weight is 309 g/mol. The highest BCUT2D eigenvalue weighted by atomic mass is 16.3. The van der Waals surface area contributed by atoms with Gasteiger partial charge in [0.05, 0.1) is 0 Å². The molecular weight excluding hydrogens is 282 g/mol. The molecule has 2 nitrogen and oxygen atoms in total. The van der Waals surface area contributed by atoms with Crippen molar-refractivity contribution in [1.29, 1.82) is 0 Å². The van der Waals surface area contributed by atoms with Gasteiger partial charge in [-0.25, -0.2) is 0 Å². The molecule has 1 N–H and O–H groups in total. The molecule has 0 bridgehead atoms. The van der Waals surface area contributed by atoms with E-state index < -0.39 is 0 Å². The summed E-state index contributed by atoms with van der Waals surface area (Å²) in [5.74, 6) is 0.967. The van der Waals surface area contributed by atoms with Gasteiger partial charge in [0.25, 0.3) is 0 Å². The first-order valence-corrected chi connectivity index (χ1v) is 8.71. The van der Waals surface area contributed by atoms with Gasteiger partial charge in [0.15, 0.2) is 0 Å². The number of hydrogen-bond donors (Lipinski definition) is 1. The molecule has 0 aliphatic heterocycles. The van der Waals surface area contributed by atoms with Gasteiger partial charge in [-0.2, -0.15) is 0 Å². The molecule has 2 heteroatoms. The maximum atomic E-state index is 9.72. The van der Waals surface area contributed by atoms with Crippen LogP contribution in [0.4, 0.5) is 0 Å². The van der Waals surface area contributed by atoms with Gasteiger partial charge in [0.2, 0.25) is 0 Å². The summed E-state index contributed by atoms with van der Waals surface area (Å²) in [6.45, 7) is 3.42. The number of aromatic hydroxyl groups is 1. The van der Waals surface area contributed by atoms with Crippen LogP contribution in [0.2, 0.25) is 0 Å². The molecule has 0 fully saturated rings. The van der Waals surface area contributed by atoms with Crippen LogP contribution < -0.4 is 0 Å². The standard InChI is InChI=1S/C21H27NO/c1-16(22(2)14-13-17-7-4-3-5-8-17)20-10-6-9-18-15-19(23)11-12-21(18)20/h3-5,7-8,11-12,15-16,20,23H,6,9-10,13-14H2,1-2H3. The normalized spacial score (nSPS) is 18.7. The lowest BCUT2D eigenvalue weighted by atomic mass is 9.78. The number of phenols is 1. The van der Waals surface area contributed by atoms with Crippen LogP contribution in [0.25, 0.3) is 0 Å². The van der Waals surface area contributed by atoms with Gasteiger partial charge in [0.1, 0.15) is 5.75 Å². The number of hydrogen-bond acceptors (Lipinski definition) is 2. The van der Waals surface area contributed by atoms with Crippen LogP contribution >= 0.6 is 0 Å². The molecule has 0 heterocycles. The van der Waals surface area contributed by atoms with Gasteiger partial charge >= 0.3 is 0 Å². The van der Waals surface area contributed by atoms with Crippen molar-refractivity contribution < 1.29 is 5.11 Å². The van der Waals surface area contributed by atoms with Gasteiger partial charge in [0, 0.05) is 12.6 Å². The van der Waals surface area contributed by atoms with Crippen molar-refractivity contribution >= 4 is 0 Å². The third-order valence-corrected chi connectivity index (χ3v) is 5.36. The third kappa shape index (κ3) is 3.76. The number of rotatable bonds is 5. The van der Waals surface area contributed by atoms with Crippen LogP contribution in [0.5, 0.6) is 5.75 Å². The van der Waals surface area contributed by atoms with Crippen LogP contribution in [-0.4, -0.2) is 29.6 Å². The fourth-order valence-corrected chi connectivity index (χ4v) is 3.80. The minimum atomic E-state index is 0.398. The second-order valence-corrected chi connectivity index (χ2v) is 6.84. The maximum absolute atomic E-state index is 9.72. The third-order valence-electron chi connectivity index (χ3n) is 5.36. The van der Waals surface area contributed by atoms with Crippen molar-refractivity contribution in [2.24, 2.45) is 0 Å². The van der Waals surface area contributed by atoms with Gasteiger partial charge in [-0.1, -0.05) is 36.4 Å². The van der Waals surface area contributed by atoms with E-state index in [2.05, 4.69) is 55.3 Å². The Bertz CT molecular complexity index is 638. The number of phenolic OH excluding ortho intramolecular Hbond substituents is 1. The van der Waals surface area contributed by atoms with E-state index in [-0.39, 0.29) is 0 Å². The molecule has 0 amide bonds. The summed E-state index contributed by atoms with van der Waals surface area (Å²) in [5, 5.41) is 9.72. The van der Waals surface area contributed by atoms with E-state index in [0.29, 0.717) is 17.7 Å². The SMILES string of the molecule is CC(C1CCCc2cc(O)ccc21)N(C)CCc1ccccc1. The molecule has 122 valence electrons. The highest BCUT2D eigenvalue weighted by molar-refractivity contribution is 5.39. The summed E-state index contributed by atoms with van der Waals surface area (Å²) in [7, 11) is 2.24. The molecule has 0 saturated heterocycles. The molecule has 2 atom stereocenters. The predicted molar refractivity (Wildman–Crippen MR) is 96.0 cm³/mol. The Morgan fingerprint density at radius 3 is 2.74 bits per heavy atom. The zero-order valence-electron chi connectivity index (χ0n) is 14.2. The molecule has 2 unspecified atom stereocenters. The lowest BCUT2D eigenvalue weighted by molar-refractivity contribution is 0.216. The highest BCUT2D eigenvalue weighted by Crippen LogP contribution is 2.37. The van der Waals surface area contributed by atoms with Crippen LogP contribution in [0.1, 0.15) is 42.4 Å². The summed E-state index contributed by atoms with van der Waals surface area (Å²) >= 11 is 0. The topological polar surface area (TPSA) is 23.5 Å². The summed E-state index contributed by atoms with van der Waals surface area (Å²) in [6, 6.07) is 17.2. The minimum absolute atomic E-state index is 0.398. The van der Waals surface area contributed by atoms with Gasteiger partial charge in [-0.15, -0.1) is 0 Å². The summed E-state index contributed by atoms with van der Waals surface area (Å²) in [6.07, 6.45) is 4.66. The van der Waals surface area contributed by atoms with Crippen molar-refractivity contribution in [2.45, 2.75) is 44.6 Å². The Balaban J connectivity index is 1.67. The van der Waals surface area contributed by atoms with E-state index in [1.165, 1.54) is 29.5 Å². The van der Waals surface area contributed by atoms with Crippen molar-refractivity contribution in [1.82, 2.24) is 4.90 Å². The first kappa shape index (κ1) is 16.1. The lowest BCUT2D eigenvalue weighted by Crippen LogP contribution is -2.37. The van der Waals surface area contributed by atoms with E-state index in [9.17, 15) is 5.11 Å². The molecule has 2 aromatic carbocycles. The molecule has 0 aromatic heterocycles. The Hall–Kier alpha value is -1.80. The summed E-state index contributed by atoms with van der Waals surface area (Å²) in [5.41, 5.74) is 4.18. The molecule has 3 rings (SSSR count). The van der Waals surface area contributed by atoms with E-state index in [1.54, 1.807) is 0 Å². The Morgan fingerprint density at radius 1 is 1.17 bits per heavy atom. The molecule has 0 radical (unpaired) electrons. The second kappa shape index (κ2) is 7.18. The number of likely N-dealkylation sites (N-methyl/N-ethyl adjacent to an activating group) is 1.